The van der Waals surface area contributed by atoms with Gasteiger partial charge in [-0.05, 0) is 23.8 Å². The molecule has 3 aromatic rings. The number of nitrogens with one attached hydrogen (secondary N) is 2. The van der Waals surface area contributed by atoms with Gasteiger partial charge in [-0.1, -0.05) is 6.07 Å². The fourth-order valence-corrected chi connectivity index (χ4v) is 2.70. The second-order valence-corrected chi connectivity index (χ2v) is 6.03. The monoisotopic (exact) mass is 381 g/mol. The molecule has 0 spiro atoms. The van der Waals surface area contributed by atoms with E-state index in [4.69, 9.17) is 9.47 Å². The van der Waals surface area contributed by atoms with Gasteiger partial charge in [-0.2, -0.15) is 0 Å². The molecule has 0 aliphatic carbocycles. The lowest BCUT2D eigenvalue weighted by Gasteiger charge is -2.16. The highest BCUT2D eigenvalue weighted by molar-refractivity contribution is 5.66. The highest BCUT2D eigenvalue weighted by Crippen LogP contribution is 2.31. The summed E-state index contributed by atoms with van der Waals surface area (Å²) in [6.45, 7) is 0.530. The van der Waals surface area contributed by atoms with Crippen LogP contribution >= 0.6 is 0 Å². The van der Waals surface area contributed by atoms with E-state index >= 15 is 0 Å². The predicted molar refractivity (Wildman–Crippen MR) is 107 cm³/mol. The molecule has 0 aliphatic heterocycles. The standard InChI is InChI=1S/C20H23N5O3/c1-27-16-5-6-17(18(8-16)28-2)25-20-9-19(23-13-24-20)22-11-15(12-26)14-4-3-7-21-10-14/h3-10,13,15,26H,11-12H2,1-2H3,(H2,22,23,24,25)/t15-/m0/s1. The van der Waals surface area contributed by atoms with E-state index in [1.165, 1.54) is 6.33 Å². The zero-order valence-electron chi connectivity index (χ0n) is 15.8. The molecule has 2 heterocycles. The van der Waals surface area contributed by atoms with Crippen molar-refractivity contribution in [3.8, 4) is 11.5 Å². The molecule has 0 saturated carbocycles. The van der Waals surface area contributed by atoms with Gasteiger partial charge >= 0.3 is 0 Å². The van der Waals surface area contributed by atoms with E-state index in [9.17, 15) is 5.11 Å². The molecule has 8 nitrogen and oxygen atoms in total. The van der Waals surface area contributed by atoms with Crippen molar-refractivity contribution in [2.75, 3.05) is 38.0 Å². The predicted octanol–water partition coefficient (Wildman–Crippen LogP) is 2.82. The van der Waals surface area contributed by atoms with E-state index in [1.807, 2.05) is 24.3 Å². The van der Waals surface area contributed by atoms with E-state index in [2.05, 4.69) is 25.6 Å². The van der Waals surface area contributed by atoms with Gasteiger partial charge in [0.2, 0.25) is 0 Å². The maximum absolute atomic E-state index is 9.67. The van der Waals surface area contributed by atoms with Crippen LogP contribution in [-0.2, 0) is 0 Å². The average Bonchev–Trinajstić information content (AvgIpc) is 2.75. The minimum absolute atomic E-state index is 0.0118. The molecule has 0 saturated heterocycles. The second kappa shape index (κ2) is 9.52. The summed E-state index contributed by atoms with van der Waals surface area (Å²) in [5.74, 6) is 2.53. The third-order valence-corrected chi connectivity index (χ3v) is 4.24. The number of nitrogens with zero attached hydrogens (tertiary/aromatic N) is 3. The molecule has 1 atom stereocenters. The zero-order valence-corrected chi connectivity index (χ0v) is 15.8. The first kappa shape index (κ1) is 19.4. The summed E-state index contributed by atoms with van der Waals surface area (Å²) in [5, 5.41) is 16.1. The van der Waals surface area contributed by atoms with Gasteiger partial charge in [0.05, 0.1) is 26.5 Å². The Morgan fingerprint density at radius 3 is 2.64 bits per heavy atom. The summed E-state index contributed by atoms with van der Waals surface area (Å²) in [5.41, 5.74) is 1.73. The Morgan fingerprint density at radius 2 is 1.93 bits per heavy atom. The Bertz CT molecular complexity index is 892. The molecule has 0 fully saturated rings. The van der Waals surface area contributed by atoms with Gasteiger partial charge in [-0.3, -0.25) is 4.98 Å². The van der Waals surface area contributed by atoms with Crippen molar-refractivity contribution in [1.29, 1.82) is 0 Å². The first-order chi connectivity index (χ1) is 13.7. The average molecular weight is 381 g/mol. The molecule has 0 amide bonds. The van der Waals surface area contributed by atoms with Crippen LogP contribution in [0.25, 0.3) is 0 Å². The maximum Gasteiger partial charge on any atom is 0.146 e. The van der Waals surface area contributed by atoms with Crippen molar-refractivity contribution in [3.05, 3.63) is 60.7 Å². The van der Waals surface area contributed by atoms with Crippen LogP contribution in [0.5, 0.6) is 11.5 Å². The number of hydrogen-bond acceptors (Lipinski definition) is 8. The SMILES string of the molecule is COc1ccc(Nc2cc(NC[C@@H](CO)c3cccnc3)ncn2)c(OC)c1. The van der Waals surface area contributed by atoms with Gasteiger partial charge < -0.3 is 25.2 Å². The molecular weight excluding hydrogens is 358 g/mol. The van der Waals surface area contributed by atoms with Crippen LogP contribution in [0.3, 0.4) is 0 Å². The number of benzene rings is 1. The third-order valence-electron chi connectivity index (χ3n) is 4.24. The van der Waals surface area contributed by atoms with Gasteiger partial charge in [0, 0.05) is 37.0 Å². The van der Waals surface area contributed by atoms with Crippen LogP contribution < -0.4 is 20.1 Å². The molecule has 1 aromatic carbocycles. The molecule has 146 valence electrons. The highest BCUT2D eigenvalue weighted by atomic mass is 16.5. The summed E-state index contributed by atoms with van der Waals surface area (Å²) in [7, 11) is 3.20. The number of pyridine rings is 1. The van der Waals surface area contributed by atoms with Crippen molar-refractivity contribution < 1.29 is 14.6 Å². The second-order valence-electron chi connectivity index (χ2n) is 6.03. The third kappa shape index (κ3) is 4.86. The number of aromatic nitrogens is 3. The van der Waals surface area contributed by atoms with Crippen LogP contribution in [0.15, 0.2) is 55.1 Å². The molecule has 28 heavy (non-hydrogen) atoms. The summed E-state index contributed by atoms with van der Waals surface area (Å²) < 4.78 is 10.6. The Kier molecular flexibility index (Phi) is 6.59. The van der Waals surface area contributed by atoms with Gasteiger partial charge in [0.15, 0.2) is 0 Å². The molecule has 0 unspecified atom stereocenters. The summed E-state index contributed by atoms with van der Waals surface area (Å²) >= 11 is 0. The number of ether oxygens (including phenoxy) is 2. The van der Waals surface area contributed by atoms with Crippen molar-refractivity contribution in [2.24, 2.45) is 0 Å². The minimum Gasteiger partial charge on any atom is -0.497 e. The molecule has 2 aromatic heterocycles. The van der Waals surface area contributed by atoms with Gasteiger partial charge in [-0.25, -0.2) is 9.97 Å². The molecule has 8 heteroatoms. The molecule has 0 bridgehead atoms. The number of rotatable bonds is 9. The Morgan fingerprint density at radius 1 is 1.07 bits per heavy atom. The number of aliphatic hydroxyl groups excluding tert-OH is 1. The zero-order chi connectivity index (χ0) is 19.8. The number of anilines is 3. The lowest BCUT2D eigenvalue weighted by atomic mass is 10.0. The van der Waals surface area contributed by atoms with Crippen molar-refractivity contribution in [1.82, 2.24) is 15.0 Å². The van der Waals surface area contributed by atoms with Crippen LogP contribution in [0.4, 0.5) is 17.3 Å². The van der Waals surface area contributed by atoms with E-state index in [0.29, 0.717) is 29.7 Å². The van der Waals surface area contributed by atoms with Gasteiger partial charge in [0.25, 0.3) is 0 Å². The van der Waals surface area contributed by atoms with E-state index in [-0.39, 0.29) is 12.5 Å². The lowest BCUT2D eigenvalue weighted by Crippen LogP contribution is -2.17. The summed E-state index contributed by atoms with van der Waals surface area (Å²) in [6.07, 6.45) is 4.94. The van der Waals surface area contributed by atoms with Gasteiger partial charge in [-0.15, -0.1) is 0 Å². The van der Waals surface area contributed by atoms with Crippen LogP contribution in [-0.4, -0.2) is 47.4 Å². The van der Waals surface area contributed by atoms with Crippen molar-refractivity contribution >= 4 is 17.3 Å². The molecule has 3 rings (SSSR count). The Balaban J connectivity index is 1.69. The Labute approximate surface area is 163 Å². The van der Waals surface area contributed by atoms with Crippen LogP contribution in [0, 0.1) is 0 Å². The van der Waals surface area contributed by atoms with Crippen LogP contribution in [0.2, 0.25) is 0 Å². The van der Waals surface area contributed by atoms with Crippen molar-refractivity contribution in [3.63, 3.8) is 0 Å². The maximum atomic E-state index is 9.67. The van der Waals surface area contributed by atoms with E-state index < -0.39 is 0 Å². The molecule has 3 N–H and O–H groups in total. The molecule has 0 aliphatic rings. The topological polar surface area (TPSA) is 101 Å². The van der Waals surface area contributed by atoms with Crippen molar-refractivity contribution in [2.45, 2.75) is 5.92 Å². The quantitative estimate of drug-likeness (QED) is 0.520. The fraction of sp³-hybridized carbons (Fsp3) is 0.250. The number of methoxy groups -OCH3 is 2. The van der Waals surface area contributed by atoms with E-state index in [0.717, 1.165) is 11.3 Å². The molecule has 0 radical (unpaired) electrons. The summed E-state index contributed by atoms with van der Waals surface area (Å²) in [4.78, 5) is 12.6. The van der Waals surface area contributed by atoms with E-state index in [1.54, 1.807) is 38.7 Å². The highest BCUT2D eigenvalue weighted by Gasteiger charge is 2.11. The summed E-state index contributed by atoms with van der Waals surface area (Å²) in [6, 6.07) is 11.1. The minimum atomic E-state index is -0.0817. The van der Waals surface area contributed by atoms with Crippen LogP contribution in [0.1, 0.15) is 11.5 Å². The fourth-order valence-electron chi connectivity index (χ4n) is 2.70. The Hall–Kier alpha value is -3.39. The smallest absolute Gasteiger partial charge is 0.146 e. The number of aliphatic hydroxyl groups is 1. The normalized spacial score (nSPS) is 11.5. The first-order valence-corrected chi connectivity index (χ1v) is 8.79. The van der Waals surface area contributed by atoms with Gasteiger partial charge in [0.1, 0.15) is 29.5 Å². The largest absolute Gasteiger partial charge is 0.497 e. The number of hydrogen-bond donors (Lipinski definition) is 3. The lowest BCUT2D eigenvalue weighted by molar-refractivity contribution is 0.269. The first-order valence-electron chi connectivity index (χ1n) is 8.79. The molecular formula is C20H23N5O3.